The van der Waals surface area contributed by atoms with Crippen LogP contribution in [0.1, 0.15) is 65.2 Å². The van der Waals surface area contributed by atoms with E-state index in [-0.39, 0.29) is 11.8 Å². The third-order valence-electron chi connectivity index (χ3n) is 5.36. The first-order valence-corrected chi connectivity index (χ1v) is 8.57. The molecule has 2 N–H and O–H groups in total. The summed E-state index contributed by atoms with van der Waals surface area (Å²) in [5.41, 5.74) is 0.297. The number of hydrogen-bond acceptors (Lipinski definition) is 2. The highest BCUT2D eigenvalue weighted by molar-refractivity contribution is 5.78. The van der Waals surface area contributed by atoms with Crippen molar-refractivity contribution in [3.05, 3.63) is 0 Å². The highest BCUT2D eigenvalue weighted by Crippen LogP contribution is 2.30. The third-order valence-corrected chi connectivity index (χ3v) is 5.36. The molecule has 1 unspecified atom stereocenters. The van der Waals surface area contributed by atoms with E-state index in [1.807, 2.05) is 0 Å². The van der Waals surface area contributed by atoms with Gasteiger partial charge in [-0.1, -0.05) is 46.0 Å². The van der Waals surface area contributed by atoms with E-state index in [9.17, 15) is 4.79 Å². The Kier molecular flexibility index (Phi) is 5.88. The van der Waals surface area contributed by atoms with Crippen molar-refractivity contribution in [1.82, 2.24) is 10.6 Å². The molecule has 116 valence electrons. The van der Waals surface area contributed by atoms with Gasteiger partial charge < -0.3 is 10.6 Å². The first-order chi connectivity index (χ1) is 9.59. The minimum atomic E-state index is 0.184. The van der Waals surface area contributed by atoms with Crippen LogP contribution in [0.3, 0.4) is 0 Å². The maximum atomic E-state index is 12.3. The van der Waals surface area contributed by atoms with Crippen molar-refractivity contribution in [3.8, 4) is 0 Å². The van der Waals surface area contributed by atoms with E-state index in [2.05, 4.69) is 24.5 Å². The molecule has 1 heterocycles. The van der Waals surface area contributed by atoms with Crippen LogP contribution in [0.15, 0.2) is 0 Å². The Balaban J connectivity index is 1.70. The first-order valence-electron chi connectivity index (χ1n) is 8.57. The number of carbonyl (C=O) groups is 1. The van der Waals surface area contributed by atoms with Gasteiger partial charge in [-0.3, -0.25) is 4.79 Å². The highest BCUT2D eigenvalue weighted by Gasteiger charge is 2.28. The molecule has 0 aromatic carbocycles. The summed E-state index contributed by atoms with van der Waals surface area (Å²) < 4.78 is 0. The predicted octanol–water partition coefficient (Wildman–Crippen LogP) is 3.10. The van der Waals surface area contributed by atoms with Crippen molar-refractivity contribution < 1.29 is 4.79 Å². The van der Waals surface area contributed by atoms with Gasteiger partial charge in [0.1, 0.15) is 0 Å². The van der Waals surface area contributed by atoms with E-state index in [1.54, 1.807) is 0 Å². The molecular formula is C17H32N2O. The minimum absolute atomic E-state index is 0.184. The average Bonchev–Trinajstić information content (AvgIpc) is 2.46. The molecule has 0 radical (unpaired) electrons. The Morgan fingerprint density at radius 1 is 1.25 bits per heavy atom. The molecule has 0 spiro atoms. The van der Waals surface area contributed by atoms with Crippen molar-refractivity contribution >= 4 is 5.91 Å². The van der Waals surface area contributed by atoms with Crippen LogP contribution >= 0.6 is 0 Å². The third kappa shape index (κ3) is 4.76. The molecule has 1 aliphatic heterocycles. The number of amides is 1. The number of piperidine rings is 1. The second-order valence-electron chi connectivity index (χ2n) is 7.42. The molecule has 1 saturated heterocycles. The zero-order valence-corrected chi connectivity index (χ0v) is 13.3. The van der Waals surface area contributed by atoms with Gasteiger partial charge in [-0.2, -0.15) is 0 Å². The summed E-state index contributed by atoms with van der Waals surface area (Å²) in [6.07, 6.45) is 10.2. The molecule has 3 heteroatoms. The molecule has 1 atom stereocenters. The van der Waals surface area contributed by atoms with Crippen LogP contribution in [0.4, 0.5) is 0 Å². The fourth-order valence-corrected chi connectivity index (χ4v) is 3.71. The quantitative estimate of drug-likeness (QED) is 0.812. The monoisotopic (exact) mass is 280 g/mol. The van der Waals surface area contributed by atoms with Crippen LogP contribution in [-0.2, 0) is 4.79 Å². The molecule has 3 nitrogen and oxygen atoms in total. The van der Waals surface area contributed by atoms with E-state index < -0.39 is 0 Å². The molecule has 0 aromatic heterocycles. The van der Waals surface area contributed by atoms with E-state index in [1.165, 1.54) is 44.9 Å². The second kappa shape index (κ2) is 7.44. The Bertz CT molecular complexity index is 304. The number of hydrogen-bond donors (Lipinski definition) is 2. The fourth-order valence-electron chi connectivity index (χ4n) is 3.71. The second-order valence-corrected chi connectivity index (χ2v) is 7.42. The molecule has 20 heavy (non-hydrogen) atoms. The zero-order valence-electron chi connectivity index (χ0n) is 13.3. The predicted molar refractivity (Wildman–Crippen MR) is 83.6 cm³/mol. The Hall–Kier alpha value is -0.570. The zero-order chi connectivity index (χ0) is 14.4. The Morgan fingerprint density at radius 2 is 1.90 bits per heavy atom. The van der Waals surface area contributed by atoms with Gasteiger partial charge in [-0.25, -0.2) is 0 Å². The largest absolute Gasteiger partial charge is 0.355 e. The van der Waals surface area contributed by atoms with Crippen molar-refractivity contribution in [2.24, 2.45) is 17.3 Å². The summed E-state index contributed by atoms with van der Waals surface area (Å²) in [4.78, 5) is 12.3. The van der Waals surface area contributed by atoms with Gasteiger partial charge in [0, 0.05) is 12.5 Å². The van der Waals surface area contributed by atoms with Crippen LogP contribution in [0, 0.1) is 17.3 Å². The van der Waals surface area contributed by atoms with E-state index in [0.29, 0.717) is 5.41 Å². The molecule has 2 fully saturated rings. The lowest BCUT2D eigenvalue weighted by Gasteiger charge is -2.34. The first kappa shape index (κ1) is 15.8. The fraction of sp³-hybridized carbons (Fsp3) is 0.941. The van der Waals surface area contributed by atoms with Crippen LogP contribution in [0.25, 0.3) is 0 Å². The summed E-state index contributed by atoms with van der Waals surface area (Å²) in [6, 6.07) is 0. The summed E-state index contributed by atoms with van der Waals surface area (Å²) in [6.45, 7) is 7.44. The Labute approximate surface area is 124 Å². The average molecular weight is 280 g/mol. The van der Waals surface area contributed by atoms with Crippen LogP contribution in [0.2, 0.25) is 0 Å². The molecular weight excluding hydrogens is 248 g/mol. The van der Waals surface area contributed by atoms with Crippen LogP contribution < -0.4 is 10.6 Å². The summed E-state index contributed by atoms with van der Waals surface area (Å²) >= 11 is 0. The molecule has 1 aliphatic carbocycles. The van der Waals surface area contributed by atoms with Crippen molar-refractivity contribution in [1.29, 1.82) is 0 Å². The normalized spacial score (nSPS) is 25.1. The topological polar surface area (TPSA) is 41.1 Å². The summed E-state index contributed by atoms with van der Waals surface area (Å²) in [5.74, 6) is 1.25. The maximum absolute atomic E-state index is 12.3. The minimum Gasteiger partial charge on any atom is -0.355 e. The molecule has 0 bridgehead atoms. The van der Waals surface area contributed by atoms with Gasteiger partial charge in [0.15, 0.2) is 0 Å². The van der Waals surface area contributed by atoms with Crippen LogP contribution in [-0.4, -0.2) is 25.5 Å². The highest BCUT2D eigenvalue weighted by atomic mass is 16.1. The lowest BCUT2D eigenvalue weighted by Crippen LogP contribution is -2.44. The van der Waals surface area contributed by atoms with Gasteiger partial charge in [-0.05, 0) is 43.7 Å². The lowest BCUT2D eigenvalue weighted by molar-refractivity contribution is -0.125. The van der Waals surface area contributed by atoms with Crippen molar-refractivity contribution in [2.75, 3.05) is 19.6 Å². The van der Waals surface area contributed by atoms with Crippen LogP contribution in [0.5, 0.6) is 0 Å². The van der Waals surface area contributed by atoms with E-state index in [0.717, 1.165) is 32.0 Å². The maximum Gasteiger partial charge on any atom is 0.222 e. The van der Waals surface area contributed by atoms with Gasteiger partial charge in [-0.15, -0.1) is 0 Å². The van der Waals surface area contributed by atoms with E-state index in [4.69, 9.17) is 0 Å². The standard InChI is InChI=1S/C17H32N2O/c1-14(12-15-6-4-3-5-7-15)16(20)19-13-17(2)8-10-18-11-9-17/h14-15,18H,3-13H2,1-2H3,(H,19,20). The molecule has 2 rings (SSSR count). The van der Waals surface area contributed by atoms with Crippen molar-refractivity contribution in [2.45, 2.75) is 65.2 Å². The lowest BCUT2D eigenvalue weighted by atomic mass is 9.80. The molecule has 2 aliphatic rings. The molecule has 0 aromatic rings. The molecule has 1 saturated carbocycles. The smallest absolute Gasteiger partial charge is 0.222 e. The summed E-state index contributed by atoms with van der Waals surface area (Å²) in [7, 11) is 0. The van der Waals surface area contributed by atoms with Crippen molar-refractivity contribution in [3.63, 3.8) is 0 Å². The SMILES string of the molecule is CC(CC1CCCCC1)C(=O)NCC1(C)CCNCC1. The number of nitrogens with one attached hydrogen (secondary N) is 2. The molecule has 1 amide bonds. The number of rotatable bonds is 5. The Morgan fingerprint density at radius 3 is 2.55 bits per heavy atom. The van der Waals surface area contributed by atoms with Gasteiger partial charge in [0.05, 0.1) is 0 Å². The summed E-state index contributed by atoms with van der Waals surface area (Å²) in [5, 5.41) is 6.61. The van der Waals surface area contributed by atoms with E-state index >= 15 is 0 Å². The van der Waals surface area contributed by atoms with Gasteiger partial charge in [0.2, 0.25) is 5.91 Å². The van der Waals surface area contributed by atoms with Gasteiger partial charge >= 0.3 is 0 Å². The van der Waals surface area contributed by atoms with Gasteiger partial charge in [0.25, 0.3) is 0 Å². The number of carbonyl (C=O) groups excluding carboxylic acids is 1.